The minimum Gasteiger partial charge on any atom is -0.326 e. The quantitative estimate of drug-likeness (QED) is 0.815. The maximum Gasteiger partial charge on any atom is 0.255 e. The van der Waals surface area contributed by atoms with Crippen LogP contribution < -0.4 is 10.6 Å². The van der Waals surface area contributed by atoms with E-state index in [1.165, 1.54) is 0 Å². The van der Waals surface area contributed by atoms with Crippen molar-refractivity contribution < 1.29 is 9.59 Å². The van der Waals surface area contributed by atoms with Crippen LogP contribution in [0.5, 0.6) is 0 Å². The Balaban J connectivity index is 1.95. The number of rotatable bonds is 5. The molecule has 0 heterocycles. The second kappa shape index (κ2) is 7.94. The summed E-state index contributed by atoms with van der Waals surface area (Å²) in [6.07, 6.45) is 3.98. The summed E-state index contributed by atoms with van der Waals surface area (Å²) in [4.78, 5) is 23.7. The average molecular weight is 308 g/mol. The van der Waals surface area contributed by atoms with Crippen LogP contribution >= 0.6 is 0 Å². The molecule has 23 heavy (non-hydrogen) atoms. The van der Waals surface area contributed by atoms with Crippen molar-refractivity contribution in [3.8, 4) is 0 Å². The summed E-state index contributed by atoms with van der Waals surface area (Å²) in [5.41, 5.74) is 3.11. The molecular formula is C19H20N2O2. The van der Waals surface area contributed by atoms with E-state index in [9.17, 15) is 9.59 Å². The first-order chi connectivity index (χ1) is 11.1. The van der Waals surface area contributed by atoms with Crippen LogP contribution in [0.25, 0.3) is 0 Å². The van der Waals surface area contributed by atoms with E-state index in [4.69, 9.17) is 0 Å². The Labute approximate surface area is 136 Å². The number of carbonyl (C=O) groups is 2. The number of hydrogen-bond donors (Lipinski definition) is 2. The highest BCUT2D eigenvalue weighted by Gasteiger charge is 2.06. The molecule has 2 amide bonds. The fraction of sp³-hybridized carbons (Fsp3) is 0.158. The van der Waals surface area contributed by atoms with Crippen LogP contribution in [0, 0.1) is 6.92 Å². The maximum atomic E-state index is 12.1. The molecule has 0 bridgehead atoms. The zero-order valence-corrected chi connectivity index (χ0v) is 13.3. The zero-order chi connectivity index (χ0) is 16.7. The number of aryl methyl sites for hydroxylation is 1. The molecule has 0 radical (unpaired) electrons. The molecule has 0 aliphatic rings. The van der Waals surface area contributed by atoms with E-state index < -0.39 is 0 Å². The van der Waals surface area contributed by atoms with Crippen LogP contribution in [-0.2, 0) is 4.79 Å². The van der Waals surface area contributed by atoms with Gasteiger partial charge < -0.3 is 10.6 Å². The molecule has 0 spiro atoms. The molecule has 0 saturated heterocycles. The van der Waals surface area contributed by atoms with E-state index in [0.717, 1.165) is 5.56 Å². The van der Waals surface area contributed by atoms with Gasteiger partial charge in [-0.15, -0.1) is 0 Å². The van der Waals surface area contributed by atoms with Gasteiger partial charge in [-0.05, 0) is 50.2 Å². The van der Waals surface area contributed by atoms with Crippen molar-refractivity contribution in [2.75, 3.05) is 10.6 Å². The molecule has 0 aliphatic carbocycles. The first-order valence-corrected chi connectivity index (χ1v) is 7.47. The van der Waals surface area contributed by atoms with Gasteiger partial charge in [0.25, 0.3) is 5.91 Å². The Morgan fingerprint density at radius 2 is 1.48 bits per heavy atom. The fourth-order valence-corrected chi connectivity index (χ4v) is 1.98. The number of nitrogens with one attached hydrogen (secondary N) is 2. The molecule has 0 atom stereocenters. The van der Waals surface area contributed by atoms with Gasteiger partial charge in [-0.1, -0.05) is 29.8 Å². The molecule has 4 heteroatoms. The Kier molecular flexibility index (Phi) is 5.69. The summed E-state index contributed by atoms with van der Waals surface area (Å²) in [7, 11) is 0. The Morgan fingerprint density at radius 1 is 0.913 bits per heavy atom. The lowest BCUT2D eigenvalue weighted by molar-refractivity contribution is -0.115. The number of anilines is 2. The summed E-state index contributed by atoms with van der Waals surface area (Å²) in [5.74, 6) is -0.227. The summed E-state index contributed by atoms with van der Waals surface area (Å²) in [5, 5.41) is 5.62. The minimum absolute atomic E-state index is 0.0699. The summed E-state index contributed by atoms with van der Waals surface area (Å²) < 4.78 is 0. The second-order valence-corrected chi connectivity index (χ2v) is 5.22. The van der Waals surface area contributed by atoms with Crippen LogP contribution in [-0.4, -0.2) is 11.8 Å². The van der Waals surface area contributed by atoms with Gasteiger partial charge in [0.2, 0.25) is 5.91 Å². The molecule has 0 fully saturated rings. The van der Waals surface area contributed by atoms with Gasteiger partial charge in [0.15, 0.2) is 0 Å². The standard InChI is InChI=1S/C19H20N2O2/c1-3-4-5-18(22)20-16-10-12-17(13-11-16)21-19(23)15-8-6-14(2)7-9-15/h3-4,6-13H,5H2,1-2H3,(H,20,22)(H,21,23). The maximum absolute atomic E-state index is 12.1. The molecular weight excluding hydrogens is 288 g/mol. The molecule has 0 aliphatic heterocycles. The number of benzene rings is 2. The van der Waals surface area contributed by atoms with Gasteiger partial charge in [0.05, 0.1) is 0 Å². The van der Waals surface area contributed by atoms with E-state index in [1.807, 2.05) is 32.1 Å². The molecule has 2 aromatic carbocycles. The number of allylic oxidation sites excluding steroid dienone is 1. The first kappa shape index (κ1) is 16.5. The zero-order valence-electron chi connectivity index (χ0n) is 13.3. The first-order valence-electron chi connectivity index (χ1n) is 7.47. The predicted molar refractivity (Wildman–Crippen MR) is 93.6 cm³/mol. The highest BCUT2D eigenvalue weighted by molar-refractivity contribution is 6.04. The highest BCUT2D eigenvalue weighted by Crippen LogP contribution is 2.15. The van der Waals surface area contributed by atoms with E-state index in [-0.39, 0.29) is 11.8 Å². The average Bonchev–Trinajstić information content (AvgIpc) is 2.55. The number of hydrogen-bond acceptors (Lipinski definition) is 2. The Hall–Kier alpha value is -2.88. The smallest absolute Gasteiger partial charge is 0.255 e. The molecule has 4 nitrogen and oxygen atoms in total. The summed E-state index contributed by atoms with van der Waals surface area (Å²) in [6.45, 7) is 3.85. The fourth-order valence-electron chi connectivity index (χ4n) is 1.98. The number of amides is 2. The monoisotopic (exact) mass is 308 g/mol. The highest BCUT2D eigenvalue weighted by atomic mass is 16.2. The Morgan fingerprint density at radius 3 is 2.04 bits per heavy atom. The van der Waals surface area contributed by atoms with Crippen molar-refractivity contribution >= 4 is 23.2 Å². The van der Waals surface area contributed by atoms with Crippen molar-refractivity contribution in [2.24, 2.45) is 0 Å². The predicted octanol–water partition coefficient (Wildman–Crippen LogP) is 4.15. The lowest BCUT2D eigenvalue weighted by Crippen LogP contribution is -2.12. The number of carbonyl (C=O) groups excluding carboxylic acids is 2. The normalized spacial score (nSPS) is 10.5. The molecule has 0 aromatic heterocycles. The van der Waals surface area contributed by atoms with Gasteiger partial charge in [0.1, 0.15) is 0 Å². The topological polar surface area (TPSA) is 58.2 Å². The van der Waals surface area contributed by atoms with Gasteiger partial charge in [0, 0.05) is 23.4 Å². The van der Waals surface area contributed by atoms with Crippen LogP contribution in [0.15, 0.2) is 60.7 Å². The van der Waals surface area contributed by atoms with Crippen LogP contribution in [0.1, 0.15) is 29.3 Å². The third-order valence-electron chi connectivity index (χ3n) is 3.28. The van der Waals surface area contributed by atoms with Crippen molar-refractivity contribution in [1.82, 2.24) is 0 Å². The minimum atomic E-state index is -0.158. The van der Waals surface area contributed by atoms with E-state index in [2.05, 4.69) is 10.6 Å². The van der Waals surface area contributed by atoms with Crippen LogP contribution in [0.3, 0.4) is 0 Å². The Bertz CT molecular complexity index is 701. The third-order valence-corrected chi connectivity index (χ3v) is 3.28. The summed E-state index contributed by atoms with van der Waals surface area (Å²) in [6, 6.07) is 14.4. The molecule has 0 unspecified atom stereocenters. The molecule has 2 rings (SSSR count). The van der Waals surface area contributed by atoms with Crippen molar-refractivity contribution in [2.45, 2.75) is 20.3 Å². The van der Waals surface area contributed by atoms with Gasteiger partial charge in [-0.25, -0.2) is 0 Å². The van der Waals surface area contributed by atoms with Crippen molar-refractivity contribution in [1.29, 1.82) is 0 Å². The van der Waals surface area contributed by atoms with Crippen molar-refractivity contribution in [3.05, 3.63) is 71.8 Å². The van der Waals surface area contributed by atoms with E-state index in [0.29, 0.717) is 23.4 Å². The van der Waals surface area contributed by atoms with Gasteiger partial charge in [-0.2, -0.15) is 0 Å². The molecule has 2 N–H and O–H groups in total. The van der Waals surface area contributed by atoms with E-state index >= 15 is 0 Å². The van der Waals surface area contributed by atoms with Gasteiger partial charge in [-0.3, -0.25) is 9.59 Å². The van der Waals surface area contributed by atoms with Gasteiger partial charge >= 0.3 is 0 Å². The van der Waals surface area contributed by atoms with Crippen LogP contribution in [0.2, 0.25) is 0 Å². The van der Waals surface area contributed by atoms with Crippen molar-refractivity contribution in [3.63, 3.8) is 0 Å². The van der Waals surface area contributed by atoms with Crippen LogP contribution in [0.4, 0.5) is 11.4 Å². The molecule has 2 aromatic rings. The second-order valence-electron chi connectivity index (χ2n) is 5.22. The largest absolute Gasteiger partial charge is 0.326 e. The van der Waals surface area contributed by atoms with E-state index in [1.54, 1.807) is 42.5 Å². The molecule has 0 saturated carbocycles. The lowest BCUT2D eigenvalue weighted by atomic mass is 10.1. The summed E-state index contributed by atoms with van der Waals surface area (Å²) >= 11 is 0. The molecule has 118 valence electrons. The SMILES string of the molecule is CC=CCC(=O)Nc1ccc(NC(=O)c2ccc(C)cc2)cc1. The third kappa shape index (κ3) is 5.11. The lowest BCUT2D eigenvalue weighted by Gasteiger charge is -2.08.